The predicted molar refractivity (Wildman–Crippen MR) is 150 cm³/mol. The van der Waals surface area contributed by atoms with E-state index >= 15 is 4.79 Å². The molecule has 0 N–H and O–H groups in total. The fourth-order valence-corrected chi connectivity index (χ4v) is 10.8. The molecule has 204 valence electrons. The van der Waals surface area contributed by atoms with Gasteiger partial charge in [-0.2, -0.15) is 0 Å². The van der Waals surface area contributed by atoms with E-state index in [1.165, 1.54) is 0 Å². The normalized spacial score (nSPS) is 37.4. The lowest BCUT2D eigenvalue weighted by molar-refractivity contribution is -0.172. The third-order valence-electron chi connectivity index (χ3n) is 10.6. The van der Waals surface area contributed by atoms with Gasteiger partial charge in [0, 0.05) is 22.8 Å². The topological polar surface area (TPSA) is 52.6 Å². The first-order valence-electron chi connectivity index (χ1n) is 14.2. The van der Waals surface area contributed by atoms with E-state index in [0.717, 1.165) is 16.3 Å². The number of Topliss-reactive ketones (excluding diaryl/α,β-unsaturated/α-hetero) is 1. The van der Waals surface area contributed by atoms with Crippen LogP contribution in [0.2, 0.25) is 0 Å². The molecule has 1 spiro atoms. The lowest BCUT2D eigenvalue weighted by Crippen LogP contribution is -2.59. The maximum atomic E-state index is 15.0. The van der Waals surface area contributed by atoms with Crippen LogP contribution in [0.1, 0.15) is 99.0 Å². The first kappa shape index (κ1) is 26.0. The second-order valence-corrected chi connectivity index (χ2v) is 16.4. The summed E-state index contributed by atoms with van der Waals surface area (Å²) in [5.41, 5.74) is -4.12. The van der Waals surface area contributed by atoms with Crippen LogP contribution in [-0.4, -0.2) is 28.6 Å². The minimum Gasteiger partial charge on any atom is -0.459 e. The van der Waals surface area contributed by atoms with Gasteiger partial charge in [0.15, 0.2) is 11.4 Å². The Balaban J connectivity index is 1.74. The molecule has 7 rings (SSSR count). The summed E-state index contributed by atoms with van der Waals surface area (Å²) in [5.74, 6) is -0.330. The second-order valence-electron chi connectivity index (χ2n) is 16.4. The van der Waals surface area contributed by atoms with Crippen molar-refractivity contribution in [1.82, 2.24) is 0 Å². The van der Waals surface area contributed by atoms with Gasteiger partial charge in [-0.05, 0) is 53.4 Å². The molecular weight excluding hydrogens is 472 g/mol. The minimum absolute atomic E-state index is 0.0592. The van der Waals surface area contributed by atoms with Crippen molar-refractivity contribution in [2.75, 3.05) is 0 Å². The lowest BCUT2D eigenvalue weighted by atomic mass is 9.53. The van der Waals surface area contributed by atoms with Crippen molar-refractivity contribution in [3.05, 3.63) is 47.5 Å². The largest absolute Gasteiger partial charge is 0.459 e. The Bertz CT molecular complexity index is 1400. The number of hydrogen-bond acceptors (Lipinski definition) is 4. The first-order chi connectivity index (χ1) is 17.2. The van der Waals surface area contributed by atoms with Crippen molar-refractivity contribution in [3.8, 4) is 0 Å². The van der Waals surface area contributed by atoms with Gasteiger partial charge in [0.25, 0.3) is 0 Å². The lowest BCUT2D eigenvalue weighted by Gasteiger charge is -2.46. The minimum atomic E-state index is -1.33. The van der Waals surface area contributed by atoms with Crippen LogP contribution in [0.15, 0.2) is 36.4 Å². The Morgan fingerprint density at radius 3 is 1.79 bits per heavy atom. The average molecular weight is 517 g/mol. The quantitative estimate of drug-likeness (QED) is 0.367. The van der Waals surface area contributed by atoms with Crippen LogP contribution in [-0.2, 0) is 20.7 Å². The molecule has 5 aliphatic rings. The zero-order valence-electron chi connectivity index (χ0n) is 25.3. The van der Waals surface area contributed by atoms with E-state index in [-0.39, 0.29) is 28.0 Å². The van der Waals surface area contributed by atoms with Crippen LogP contribution < -0.4 is 0 Å². The highest BCUT2D eigenvalue weighted by atomic mass is 16.6. The highest BCUT2D eigenvalue weighted by molar-refractivity contribution is 6.20. The SMILES string of the molecule is CC(C)(C)OC(=O)C12C3(Cc4cccc5cccc(c45)C3=O)OC3(C(C)(C)C)C1(C(C)(C)C)C32C(C)(C)C. The summed E-state index contributed by atoms with van der Waals surface area (Å²) in [7, 11) is 0. The van der Waals surface area contributed by atoms with Gasteiger partial charge in [-0.1, -0.05) is 98.7 Å². The van der Waals surface area contributed by atoms with Crippen LogP contribution in [0.25, 0.3) is 10.8 Å². The van der Waals surface area contributed by atoms with Crippen LogP contribution >= 0.6 is 0 Å². The van der Waals surface area contributed by atoms with E-state index in [0.29, 0.717) is 12.0 Å². The molecular formula is C34H44O4. The Morgan fingerprint density at radius 2 is 1.32 bits per heavy atom. The molecule has 3 aliphatic carbocycles. The van der Waals surface area contributed by atoms with Gasteiger partial charge < -0.3 is 9.47 Å². The maximum absolute atomic E-state index is 15.0. The Kier molecular flexibility index (Phi) is 4.39. The summed E-state index contributed by atoms with van der Waals surface area (Å²) < 4.78 is 13.8. The summed E-state index contributed by atoms with van der Waals surface area (Å²) in [4.78, 5) is 30.0. The van der Waals surface area contributed by atoms with E-state index in [2.05, 4.69) is 86.6 Å². The number of carbonyl (C=O) groups excluding carboxylic acids is 2. The average Bonchev–Trinajstić information content (AvgIpc) is 3.49. The molecule has 4 heteroatoms. The van der Waals surface area contributed by atoms with Gasteiger partial charge in [0.1, 0.15) is 11.0 Å². The first-order valence-corrected chi connectivity index (χ1v) is 14.2. The number of carbonyl (C=O) groups is 2. The number of benzene rings is 2. The number of ketones is 1. The molecule has 3 atom stereocenters. The van der Waals surface area contributed by atoms with Crippen molar-refractivity contribution in [3.63, 3.8) is 0 Å². The van der Waals surface area contributed by atoms with E-state index in [1.54, 1.807) is 0 Å². The molecule has 38 heavy (non-hydrogen) atoms. The summed E-state index contributed by atoms with van der Waals surface area (Å²) in [5, 5.41) is 2.04. The molecule has 2 saturated carbocycles. The third kappa shape index (κ3) is 2.13. The van der Waals surface area contributed by atoms with Crippen LogP contribution in [0.5, 0.6) is 0 Å². The van der Waals surface area contributed by atoms with Crippen LogP contribution in [0, 0.1) is 32.5 Å². The number of ether oxygens (including phenoxy) is 2. The molecule has 2 heterocycles. The molecule has 4 fully saturated rings. The fraction of sp³-hybridized carbons (Fsp3) is 0.647. The standard InChI is InChI=1S/C34H44O4/c1-26(2,3)32-31(25(36)37-29(10,11)12)30(38-34(32,28(7,8)9)33(31,32)27(4,5)6)19-21-17-13-15-20-16-14-18-22(23(20)21)24(30)35/h13-18H,19H2,1-12H3. The molecule has 2 aliphatic heterocycles. The number of hydrogen-bond donors (Lipinski definition) is 0. The molecule has 0 amide bonds. The molecule has 2 saturated heterocycles. The summed E-state index contributed by atoms with van der Waals surface area (Å²) in [6.45, 7) is 25.8. The Morgan fingerprint density at radius 1 is 0.789 bits per heavy atom. The molecule has 0 aromatic heterocycles. The number of rotatable bonds is 1. The van der Waals surface area contributed by atoms with Crippen molar-refractivity contribution >= 4 is 22.5 Å². The molecule has 4 nitrogen and oxygen atoms in total. The third-order valence-corrected chi connectivity index (χ3v) is 10.6. The van der Waals surface area contributed by atoms with E-state index < -0.39 is 33.0 Å². The highest BCUT2D eigenvalue weighted by Crippen LogP contribution is 3.18. The van der Waals surface area contributed by atoms with E-state index in [4.69, 9.17) is 9.47 Å². The zero-order valence-corrected chi connectivity index (χ0v) is 25.3. The van der Waals surface area contributed by atoms with E-state index in [9.17, 15) is 4.79 Å². The van der Waals surface area contributed by atoms with Crippen molar-refractivity contribution in [2.45, 2.75) is 106 Å². The molecule has 2 aromatic carbocycles. The van der Waals surface area contributed by atoms with Crippen LogP contribution in [0.3, 0.4) is 0 Å². The van der Waals surface area contributed by atoms with Crippen molar-refractivity contribution < 1.29 is 19.1 Å². The van der Waals surface area contributed by atoms with Gasteiger partial charge in [-0.15, -0.1) is 0 Å². The fourth-order valence-electron chi connectivity index (χ4n) is 10.8. The smallest absolute Gasteiger partial charge is 0.317 e. The monoisotopic (exact) mass is 516 g/mol. The van der Waals surface area contributed by atoms with Crippen LogP contribution in [0.4, 0.5) is 0 Å². The van der Waals surface area contributed by atoms with E-state index in [1.807, 2.05) is 32.9 Å². The van der Waals surface area contributed by atoms with Gasteiger partial charge in [-0.3, -0.25) is 9.59 Å². The second kappa shape index (κ2) is 6.40. The van der Waals surface area contributed by atoms with Crippen molar-refractivity contribution in [1.29, 1.82) is 0 Å². The molecule has 0 radical (unpaired) electrons. The van der Waals surface area contributed by atoms with Gasteiger partial charge in [0.2, 0.25) is 0 Å². The number of esters is 1. The Hall–Kier alpha value is -2.20. The molecule has 2 bridgehead atoms. The summed E-state index contributed by atoms with van der Waals surface area (Å²) >= 11 is 0. The van der Waals surface area contributed by atoms with Gasteiger partial charge in [-0.25, -0.2) is 0 Å². The summed E-state index contributed by atoms with van der Waals surface area (Å²) in [6.07, 6.45) is 0.382. The van der Waals surface area contributed by atoms with Gasteiger partial charge in [0.05, 0.1) is 5.60 Å². The zero-order chi connectivity index (χ0) is 28.3. The molecule has 3 unspecified atom stereocenters. The Labute approximate surface area is 227 Å². The van der Waals surface area contributed by atoms with Gasteiger partial charge >= 0.3 is 5.97 Å². The molecule has 2 aromatic rings. The maximum Gasteiger partial charge on any atom is 0.317 e. The predicted octanol–water partition coefficient (Wildman–Crippen LogP) is 7.55. The van der Waals surface area contributed by atoms with Crippen molar-refractivity contribution in [2.24, 2.45) is 32.5 Å². The summed E-state index contributed by atoms with van der Waals surface area (Å²) in [6, 6.07) is 12.1. The highest BCUT2D eigenvalue weighted by Gasteiger charge is 3.27.